The number of rotatable bonds is 3. The van der Waals surface area contributed by atoms with E-state index in [9.17, 15) is 9.90 Å². The highest BCUT2D eigenvalue weighted by atomic mass is 16.5. The molecule has 15 heavy (non-hydrogen) atoms. The topological polar surface area (TPSA) is 46.5 Å². The molecule has 1 unspecified atom stereocenters. The maximum atomic E-state index is 10.8. The third-order valence-corrected chi connectivity index (χ3v) is 2.52. The first-order valence-electron chi connectivity index (χ1n) is 4.77. The van der Waals surface area contributed by atoms with Gasteiger partial charge in [0.1, 0.15) is 11.4 Å². The molecule has 0 aliphatic rings. The Bertz CT molecular complexity index is 381. The van der Waals surface area contributed by atoms with Crippen molar-refractivity contribution in [2.45, 2.75) is 26.4 Å². The van der Waals surface area contributed by atoms with E-state index in [1.165, 1.54) is 6.92 Å². The average Bonchev–Trinajstić information content (AvgIpc) is 2.20. The predicted octanol–water partition coefficient (Wildman–Crippen LogP) is 1.72. The lowest BCUT2D eigenvalue weighted by molar-refractivity contribution is -0.123. The van der Waals surface area contributed by atoms with E-state index in [1.54, 1.807) is 13.2 Å². The number of aldehydes is 1. The third kappa shape index (κ3) is 2.18. The molecule has 0 fully saturated rings. The number of hydrogen-bond acceptors (Lipinski definition) is 3. The Hall–Kier alpha value is -1.35. The maximum Gasteiger partial charge on any atom is 0.155 e. The zero-order valence-corrected chi connectivity index (χ0v) is 9.50. The van der Waals surface area contributed by atoms with E-state index in [2.05, 4.69) is 0 Å². The van der Waals surface area contributed by atoms with Crippen LogP contribution in [0.1, 0.15) is 23.6 Å². The molecule has 0 saturated heterocycles. The second kappa shape index (κ2) is 4.03. The van der Waals surface area contributed by atoms with E-state index in [0.717, 1.165) is 16.9 Å². The number of methoxy groups -OCH3 is 1. The first-order chi connectivity index (χ1) is 6.92. The van der Waals surface area contributed by atoms with Crippen molar-refractivity contribution in [2.24, 2.45) is 0 Å². The second-order valence-electron chi connectivity index (χ2n) is 3.90. The van der Waals surface area contributed by atoms with Gasteiger partial charge in [-0.3, -0.25) is 4.79 Å². The molecule has 0 amide bonds. The van der Waals surface area contributed by atoms with Crippen molar-refractivity contribution < 1.29 is 14.6 Å². The number of carbonyl (C=O) groups excluding carboxylic acids is 1. The Morgan fingerprint density at radius 2 is 1.93 bits per heavy atom. The molecule has 1 N–H and O–H groups in total. The van der Waals surface area contributed by atoms with E-state index in [0.29, 0.717) is 11.8 Å². The molecule has 1 atom stereocenters. The largest absolute Gasteiger partial charge is 0.496 e. The normalized spacial score (nSPS) is 14.5. The van der Waals surface area contributed by atoms with Crippen LogP contribution in [0.15, 0.2) is 12.1 Å². The van der Waals surface area contributed by atoms with Gasteiger partial charge in [-0.2, -0.15) is 0 Å². The summed E-state index contributed by atoms with van der Waals surface area (Å²) in [4.78, 5) is 10.8. The zero-order chi connectivity index (χ0) is 11.6. The van der Waals surface area contributed by atoms with Crippen LogP contribution in [-0.2, 0) is 10.4 Å². The van der Waals surface area contributed by atoms with Gasteiger partial charge in [0.25, 0.3) is 0 Å². The van der Waals surface area contributed by atoms with Crippen molar-refractivity contribution in [2.75, 3.05) is 7.11 Å². The van der Waals surface area contributed by atoms with E-state index >= 15 is 0 Å². The molecule has 82 valence electrons. The summed E-state index contributed by atoms with van der Waals surface area (Å²) < 4.78 is 5.16. The molecule has 3 nitrogen and oxygen atoms in total. The minimum absolute atomic E-state index is 0.543. The summed E-state index contributed by atoms with van der Waals surface area (Å²) in [7, 11) is 1.60. The third-order valence-electron chi connectivity index (χ3n) is 2.52. The Labute approximate surface area is 89.7 Å². The van der Waals surface area contributed by atoms with Gasteiger partial charge in [-0.15, -0.1) is 0 Å². The first-order valence-corrected chi connectivity index (χ1v) is 4.77. The quantitative estimate of drug-likeness (QED) is 0.769. The van der Waals surface area contributed by atoms with Crippen LogP contribution in [0.2, 0.25) is 0 Å². The van der Waals surface area contributed by atoms with Gasteiger partial charge in [0, 0.05) is 0 Å². The Morgan fingerprint density at radius 1 is 1.33 bits per heavy atom. The Balaban J connectivity index is 3.34. The van der Waals surface area contributed by atoms with Crippen LogP contribution in [0, 0.1) is 13.8 Å². The smallest absolute Gasteiger partial charge is 0.155 e. The lowest BCUT2D eigenvalue weighted by Crippen LogP contribution is -2.24. The summed E-state index contributed by atoms with van der Waals surface area (Å²) in [5, 5.41) is 9.85. The fraction of sp³-hybridized carbons (Fsp3) is 0.417. The minimum atomic E-state index is -1.43. The summed E-state index contributed by atoms with van der Waals surface area (Å²) in [6.07, 6.45) is 0.543. The standard InChI is InChI=1S/C12H16O3/c1-8-6-11(15-4)9(2)5-10(8)12(3,14)7-13/h5-7,14H,1-4H3. The molecule has 0 spiro atoms. The number of aliphatic hydroxyl groups is 1. The molecule has 1 aromatic rings. The number of ether oxygens (including phenoxy) is 1. The summed E-state index contributed by atoms with van der Waals surface area (Å²) in [5.41, 5.74) is 0.937. The number of benzene rings is 1. The highest BCUT2D eigenvalue weighted by Crippen LogP contribution is 2.28. The van der Waals surface area contributed by atoms with Gasteiger partial charge in [-0.1, -0.05) is 0 Å². The molecule has 0 heterocycles. The molecule has 0 aliphatic carbocycles. The molecule has 0 radical (unpaired) electrons. The van der Waals surface area contributed by atoms with Gasteiger partial charge in [0.2, 0.25) is 0 Å². The lowest BCUT2D eigenvalue weighted by atomic mass is 9.91. The van der Waals surface area contributed by atoms with Crippen LogP contribution in [0.25, 0.3) is 0 Å². The molecular formula is C12H16O3. The van der Waals surface area contributed by atoms with E-state index in [-0.39, 0.29) is 0 Å². The van der Waals surface area contributed by atoms with Crippen LogP contribution in [0.5, 0.6) is 5.75 Å². The van der Waals surface area contributed by atoms with Crippen molar-refractivity contribution in [1.29, 1.82) is 0 Å². The number of aryl methyl sites for hydroxylation is 2. The van der Waals surface area contributed by atoms with Crippen molar-refractivity contribution in [3.8, 4) is 5.75 Å². The zero-order valence-electron chi connectivity index (χ0n) is 9.50. The monoisotopic (exact) mass is 208 g/mol. The fourth-order valence-corrected chi connectivity index (χ4v) is 1.62. The first kappa shape index (κ1) is 11.7. The van der Waals surface area contributed by atoms with E-state index in [1.807, 2.05) is 19.9 Å². The highest BCUT2D eigenvalue weighted by molar-refractivity contribution is 5.67. The summed E-state index contributed by atoms with van der Waals surface area (Å²) in [5.74, 6) is 0.762. The minimum Gasteiger partial charge on any atom is -0.496 e. The van der Waals surface area contributed by atoms with Crippen LogP contribution in [0.3, 0.4) is 0 Å². The lowest BCUT2D eigenvalue weighted by Gasteiger charge is -2.20. The number of carbonyl (C=O) groups is 1. The van der Waals surface area contributed by atoms with Gasteiger partial charge in [-0.25, -0.2) is 0 Å². The summed E-state index contributed by atoms with van der Waals surface area (Å²) in [6, 6.07) is 3.60. The second-order valence-corrected chi connectivity index (χ2v) is 3.90. The molecule has 3 heteroatoms. The van der Waals surface area contributed by atoms with Gasteiger partial charge in [0.05, 0.1) is 7.11 Å². The molecule has 1 rings (SSSR count). The SMILES string of the molecule is COc1cc(C)c(C(C)(O)C=O)cc1C. The van der Waals surface area contributed by atoms with Crippen LogP contribution < -0.4 is 4.74 Å². The van der Waals surface area contributed by atoms with Crippen LogP contribution in [-0.4, -0.2) is 18.5 Å². The van der Waals surface area contributed by atoms with E-state index < -0.39 is 5.60 Å². The van der Waals surface area contributed by atoms with Crippen LogP contribution >= 0.6 is 0 Å². The molecule has 0 aromatic heterocycles. The van der Waals surface area contributed by atoms with Crippen LogP contribution in [0.4, 0.5) is 0 Å². The van der Waals surface area contributed by atoms with Gasteiger partial charge >= 0.3 is 0 Å². The number of hydrogen-bond donors (Lipinski definition) is 1. The average molecular weight is 208 g/mol. The van der Waals surface area contributed by atoms with E-state index in [4.69, 9.17) is 4.74 Å². The predicted molar refractivity (Wildman–Crippen MR) is 58.1 cm³/mol. The molecule has 0 bridgehead atoms. The molecule has 1 aromatic carbocycles. The van der Waals surface area contributed by atoms with Gasteiger partial charge in [-0.05, 0) is 49.6 Å². The van der Waals surface area contributed by atoms with Crippen molar-refractivity contribution in [3.05, 3.63) is 28.8 Å². The van der Waals surface area contributed by atoms with Gasteiger partial charge in [0.15, 0.2) is 6.29 Å². The molecular weight excluding hydrogens is 192 g/mol. The molecule has 0 aliphatic heterocycles. The fourth-order valence-electron chi connectivity index (χ4n) is 1.62. The highest BCUT2D eigenvalue weighted by Gasteiger charge is 2.24. The van der Waals surface area contributed by atoms with Crippen molar-refractivity contribution in [3.63, 3.8) is 0 Å². The Kier molecular flexibility index (Phi) is 3.15. The van der Waals surface area contributed by atoms with Crippen molar-refractivity contribution >= 4 is 6.29 Å². The van der Waals surface area contributed by atoms with Crippen molar-refractivity contribution in [1.82, 2.24) is 0 Å². The summed E-state index contributed by atoms with van der Waals surface area (Å²) >= 11 is 0. The van der Waals surface area contributed by atoms with Gasteiger partial charge < -0.3 is 9.84 Å². The molecule has 0 saturated carbocycles. The summed E-state index contributed by atoms with van der Waals surface area (Å²) in [6.45, 7) is 5.20. The Morgan fingerprint density at radius 3 is 2.40 bits per heavy atom. The maximum absolute atomic E-state index is 10.8.